The first kappa shape index (κ1) is 33.4. The predicted molar refractivity (Wildman–Crippen MR) is 178 cm³/mol. The van der Waals surface area contributed by atoms with Gasteiger partial charge in [-0.25, -0.2) is 4.79 Å². The van der Waals surface area contributed by atoms with E-state index in [1.807, 2.05) is 43.3 Å². The Morgan fingerprint density at radius 3 is 2.53 bits per heavy atom. The van der Waals surface area contributed by atoms with Crippen LogP contribution in [0.3, 0.4) is 0 Å². The second-order valence-electron chi connectivity index (χ2n) is 11.6. The zero-order valence-electron chi connectivity index (χ0n) is 26.0. The number of fused-ring (bicyclic) bond motifs is 1. The number of nitrogens with one attached hydrogen (secondary N) is 2. The minimum atomic E-state index is -4.51. The number of aromatic nitrogens is 4. The van der Waals surface area contributed by atoms with Crippen LogP contribution in [0.5, 0.6) is 0 Å². The molecule has 0 saturated heterocycles. The van der Waals surface area contributed by atoms with E-state index in [1.54, 1.807) is 30.7 Å². The summed E-state index contributed by atoms with van der Waals surface area (Å²) in [5, 5.41) is 4.10. The van der Waals surface area contributed by atoms with Crippen LogP contribution in [-0.4, -0.2) is 44.6 Å². The molecule has 5 rings (SSSR count). The molecule has 0 radical (unpaired) electrons. The summed E-state index contributed by atoms with van der Waals surface area (Å²) in [4.78, 5) is 28.6. The highest BCUT2D eigenvalue weighted by atomic mass is 19.4. The molecule has 47 heavy (non-hydrogen) atoms. The maximum atomic E-state index is 13.8. The molecule has 0 amide bonds. The molecule has 8 N–H and O–H groups in total. The highest BCUT2D eigenvalue weighted by Gasteiger charge is 2.31. The molecule has 0 spiro atoms. The summed E-state index contributed by atoms with van der Waals surface area (Å²) in [6.07, 6.45) is 3.19. The van der Waals surface area contributed by atoms with Crippen LogP contribution in [0.4, 0.5) is 13.2 Å². The average molecular weight is 646 g/mol. The Morgan fingerprint density at radius 2 is 1.85 bits per heavy atom. The van der Waals surface area contributed by atoms with Crippen LogP contribution in [0.15, 0.2) is 89.0 Å². The van der Waals surface area contributed by atoms with Gasteiger partial charge in [-0.2, -0.15) is 18.2 Å². The Labute approximate surface area is 269 Å². The number of halogens is 3. The van der Waals surface area contributed by atoms with Gasteiger partial charge >= 0.3 is 11.9 Å². The first-order chi connectivity index (χ1) is 22.5. The van der Waals surface area contributed by atoms with Crippen LogP contribution in [0.2, 0.25) is 0 Å². The van der Waals surface area contributed by atoms with E-state index in [1.165, 1.54) is 10.6 Å². The van der Waals surface area contributed by atoms with Crippen LogP contribution < -0.4 is 28.2 Å². The molecule has 0 aliphatic rings. The number of nitrogens with zero attached hydrogens (tertiary/aromatic N) is 4. The fraction of sp³-hybridized carbons (Fsp3) is 0.294. The van der Waals surface area contributed by atoms with E-state index in [9.17, 15) is 18.0 Å². The topological polar surface area (TPSA) is 166 Å². The van der Waals surface area contributed by atoms with Gasteiger partial charge < -0.3 is 27.5 Å². The van der Waals surface area contributed by atoms with Gasteiger partial charge in [-0.15, -0.1) is 0 Å². The summed E-state index contributed by atoms with van der Waals surface area (Å²) in [6.45, 7) is 3.02. The van der Waals surface area contributed by atoms with Gasteiger partial charge in [0, 0.05) is 42.3 Å². The number of hydrogen-bond acceptors (Lipinski definition) is 6. The van der Waals surface area contributed by atoms with Gasteiger partial charge in [0.1, 0.15) is 5.65 Å². The van der Waals surface area contributed by atoms with Crippen molar-refractivity contribution in [2.75, 3.05) is 13.1 Å². The Bertz CT molecular complexity index is 1880. The van der Waals surface area contributed by atoms with Crippen LogP contribution in [0.25, 0.3) is 28.0 Å². The van der Waals surface area contributed by atoms with Gasteiger partial charge in [-0.05, 0) is 104 Å². The summed E-state index contributed by atoms with van der Waals surface area (Å²) >= 11 is 0. The highest BCUT2D eigenvalue weighted by Crippen LogP contribution is 2.34. The number of aromatic amines is 1. The van der Waals surface area contributed by atoms with Gasteiger partial charge in [0.25, 0.3) is 0 Å². The van der Waals surface area contributed by atoms with Gasteiger partial charge in [0.15, 0.2) is 5.96 Å². The highest BCUT2D eigenvalue weighted by molar-refractivity contribution is 5.83. The number of nitrogens with two attached hydrogens (primary N) is 3. The van der Waals surface area contributed by atoms with Crippen LogP contribution >= 0.6 is 0 Å². The fourth-order valence-corrected chi connectivity index (χ4v) is 5.45. The van der Waals surface area contributed by atoms with Crippen molar-refractivity contribution in [1.82, 2.24) is 24.8 Å². The van der Waals surface area contributed by atoms with E-state index in [-0.39, 0.29) is 23.7 Å². The molecule has 5 aromatic rings. The van der Waals surface area contributed by atoms with E-state index in [0.717, 1.165) is 23.6 Å². The van der Waals surface area contributed by atoms with E-state index in [2.05, 4.69) is 25.3 Å². The number of benzene rings is 2. The molecule has 0 fully saturated rings. The Hall–Kier alpha value is -5.01. The van der Waals surface area contributed by atoms with Crippen LogP contribution in [0, 0.1) is 0 Å². The molecule has 2 aromatic carbocycles. The zero-order chi connectivity index (χ0) is 33.6. The first-order valence-corrected chi connectivity index (χ1v) is 15.4. The van der Waals surface area contributed by atoms with E-state index < -0.39 is 17.4 Å². The Balaban J connectivity index is 1.42. The zero-order valence-corrected chi connectivity index (χ0v) is 26.0. The van der Waals surface area contributed by atoms with Crippen molar-refractivity contribution in [1.29, 1.82) is 0 Å². The fourth-order valence-electron chi connectivity index (χ4n) is 5.45. The molecule has 246 valence electrons. The molecule has 0 aliphatic heterocycles. The molecular formula is C34H38F3N9O. The second-order valence-corrected chi connectivity index (χ2v) is 11.6. The largest absolute Gasteiger partial charge is 0.416 e. The summed E-state index contributed by atoms with van der Waals surface area (Å²) in [5.74, 6) is 0.0525. The third-order valence-electron chi connectivity index (χ3n) is 7.76. The van der Waals surface area contributed by atoms with Gasteiger partial charge in [0.05, 0.1) is 17.3 Å². The molecule has 0 aliphatic carbocycles. The number of alkyl halides is 3. The lowest BCUT2D eigenvalue weighted by Gasteiger charge is -2.20. The lowest BCUT2D eigenvalue weighted by Crippen LogP contribution is -2.26. The standard InChI is InChI=1S/C34H38F3N9O/c1-21(38)5-2-6-22-15-25(17-27(16-22)34(35,36)37)29-18-26-20-46(33(47)45-31(26)44-29)28-10-8-23(9-11-28)30(24-7-3-12-41-19-24)42-13-4-14-43-32(39)40/h3,7-12,15-21,30,42H,2,4-6,13-14,38H2,1H3,(H4,39,40,43)(H,44,45,47)/t21-,30+/m0/s1. The molecule has 10 nitrogen and oxygen atoms in total. The van der Waals surface area contributed by atoms with Crippen molar-refractivity contribution in [2.24, 2.45) is 22.2 Å². The number of aryl methyl sites for hydroxylation is 1. The maximum Gasteiger partial charge on any atom is 0.416 e. The minimum Gasteiger partial charge on any atom is -0.370 e. The summed E-state index contributed by atoms with van der Waals surface area (Å²) in [7, 11) is 0. The Kier molecular flexibility index (Phi) is 10.4. The molecule has 3 heterocycles. The molecule has 2 atom stereocenters. The number of aliphatic imine (C=N–C) groups is 1. The number of rotatable bonds is 13. The number of guanidine groups is 1. The van der Waals surface area contributed by atoms with Crippen molar-refractivity contribution >= 4 is 17.0 Å². The Morgan fingerprint density at radius 1 is 1.06 bits per heavy atom. The number of pyridine rings is 1. The molecule has 0 unspecified atom stereocenters. The molecule has 0 saturated carbocycles. The van der Waals surface area contributed by atoms with Crippen molar-refractivity contribution < 1.29 is 13.2 Å². The van der Waals surface area contributed by atoms with Crippen LogP contribution in [-0.2, 0) is 12.6 Å². The smallest absolute Gasteiger partial charge is 0.370 e. The van der Waals surface area contributed by atoms with Crippen molar-refractivity contribution in [3.63, 3.8) is 0 Å². The molecular weight excluding hydrogens is 607 g/mol. The van der Waals surface area contributed by atoms with Crippen molar-refractivity contribution in [3.05, 3.63) is 112 Å². The van der Waals surface area contributed by atoms with Gasteiger partial charge in [0.2, 0.25) is 0 Å². The maximum absolute atomic E-state index is 13.8. The molecule has 13 heteroatoms. The summed E-state index contributed by atoms with van der Waals surface area (Å²) in [5.41, 5.74) is 19.6. The lowest BCUT2D eigenvalue weighted by molar-refractivity contribution is -0.137. The molecule has 0 bridgehead atoms. The first-order valence-electron chi connectivity index (χ1n) is 15.4. The van der Waals surface area contributed by atoms with E-state index in [4.69, 9.17) is 17.2 Å². The average Bonchev–Trinajstić information content (AvgIpc) is 3.45. The van der Waals surface area contributed by atoms with Gasteiger partial charge in [-0.3, -0.25) is 14.5 Å². The normalized spacial score (nSPS) is 13.0. The van der Waals surface area contributed by atoms with E-state index in [0.29, 0.717) is 60.2 Å². The third kappa shape index (κ3) is 8.63. The summed E-state index contributed by atoms with van der Waals surface area (Å²) in [6, 6.07) is 16.9. The van der Waals surface area contributed by atoms with E-state index >= 15 is 0 Å². The number of H-pyrrole nitrogens is 1. The van der Waals surface area contributed by atoms with Crippen molar-refractivity contribution in [2.45, 2.75) is 50.9 Å². The second kappa shape index (κ2) is 14.6. The summed E-state index contributed by atoms with van der Waals surface area (Å²) < 4.78 is 42.8. The van der Waals surface area contributed by atoms with Gasteiger partial charge in [-0.1, -0.05) is 18.2 Å². The quantitative estimate of drug-likeness (QED) is 0.0696. The number of hydrogen-bond donors (Lipinski definition) is 5. The minimum absolute atomic E-state index is 0.0311. The van der Waals surface area contributed by atoms with Crippen molar-refractivity contribution in [3.8, 4) is 16.9 Å². The monoisotopic (exact) mass is 645 g/mol. The lowest BCUT2D eigenvalue weighted by atomic mass is 9.99. The SMILES string of the molecule is C[C@H](N)CCCc1cc(-c2cc3cn(-c4ccc([C@@H](NCCCN=C(N)N)c5cccnc5)cc4)c(=O)nc3[nH]2)cc(C(F)(F)F)c1. The predicted octanol–water partition coefficient (Wildman–Crippen LogP) is 4.81. The molecule has 3 aromatic heterocycles. The third-order valence-corrected chi connectivity index (χ3v) is 7.76. The van der Waals surface area contributed by atoms with Crippen LogP contribution in [0.1, 0.15) is 54.5 Å².